The third-order valence-electron chi connectivity index (χ3n) is 7.19. The van der Waals surface area contributed by atoms with E-state index in [9.17, 15) is 9.59 Å². The van der Waals surface area contributed by atoms with E-state index in [4.69, 9.17) is 31.6 Å². The number of carbonyl (C=O) groups is 2. The van der Waals surface area contributed by atoms with Crippen molar-refractivity contribution < 1.29 is 19.1 Å². The molecule has 0 saturated carbocycles. The fourth-order valence-electron chi connectivity index (χ4n) is 4.58. The van der Waals surface area contributed by atoms with Gasteiger partial charge in [0.15, 0.2) is 0 Å². The number of halogens is 1. The highest BCUT2D eigenvalue weighted by atomic mass is 35.5. The van der Waals surface area contributed by atoms with Gasteiger partial charge < -0.3 is 9.47 Å². The SMILES string of the molecule is CCCCCCc1ccc(-c2ccc(C(=O)Oc3ccc(C(=O)Oc4ccc(C(C)=C(C#N)C#N)cc4)c(Cl)c3)cc2)cc1. The van der Waals surface area contributed by atoms with Crippen LogP contribution in [0.25, 0.3) is 16.7 Å². The van der Waals surface area contributed by atoms with Crippen molar-refractivity contribution in [2.75, 3.05) is 0 Å². The van der Waals surface area contributed by atoms with Gasteiger partial charge in [0.05, 0.1) is 16.1 Å². The lowest BCUT2D eigenvalue weighted by Gasteiger charge is -2.10. The maximum absolute atomic E-state index is 12.8. The van der Waals surface area contributed by atoms with E-state index in [2.05, 4.69) is 31.2 Å². The van der Waals surface area contributed by atoms with Crippen molar-refractivity contribution in [1.82, 2.24) is 0 Å². The lowest BCUT2D eigenvalue weighted by molar-refractivity contribution is 0.0730. The molecule has 0 atom stereocenters. The second-order valence-corrected chi connectivity index (χ2v) is 10.7. The van der Waals surface area contributed by atoms with Crippen molar-refractivity contribution in [3.8, 4) is 34.8 Å². The molecule has 4 aromatic rings. The van der Waals surface area contributed by atoms with E-state index in [0.29, 0.717) is 16.7 Å². The summed E-state index contributed by atoms with van der Waals surface area (Å²) in [6.07, 6.45) is 6.04. The van der Waals surface area contributed by atoms with Crippen LogP contribution in [0.1, 0.15) is 71.4 Å². The molecule has 0 unspecified atom stereocenters. The van der Waals surface area contributed by atoms with Crippen molar-refractivity contribution in [1.29, 1.82) is 10.5 Å². The topological polar surface area (TPSA) is 100 Å². The van der Waals surface area contributed by atoms with E-state index in [-0.39, 0.29) is 27.7 Å². The highest BCUT2D eigenvalue weighted by Gasteiger charge is 2.16. The number of nitriles is 2. The van der Waals surface area contributed by atoms with Gasteiger partial charge in [-0.3, -0.25) is 0 Å². The van der Waals surface area contributed by atoms with Crippen molar-refractivity contribution in [2.45, 2.75) is 46.0 Å². The summed E-state index contributed by atoms with van der Waals surface area (Å²) in [5, 5.41) is 18.2. The molecule has 0 aliphatic rings. The summed E-state index contributed by atoms with van der Waals surface area (Å²) < 4.78 is 10.9. The standard InChI is InChI=1S/C37H31ClN2O4/c1-3-4-5-6-7-26-8-10-28(11-9-26)29-12-14-30(15-13-29)36(41)44-33-20-21-34(35(38)22-33)37(42)43-32-18-16-27(17-19-32)25(2)31(23-39)24-40/h8-22H,3-7H2,1-2H3. The Hall–Kier alpha value is -5.17. The lowest BCUT2D eigenvalue weighted by Crippen LogP contribution is -2.11. The fraction of sp³-hybridized carbons (Fsp3) is 0.189. The summed E-state index contributed by atoms with van der Waals surface area (Å²) in [6.45, 7) is 3.88. The third kappa shape index (κ3) is 8.22. The molecule has 0 fully saturated rings. The molecule has 7 heteroatoms. The molecule has 0 spiro atoms. The molecule has 4 aromatic carbocycles. The van der Waals surface area contributed by atoms with Gasteiger partial charge >= 0.3 is 11.9 Å². The normalized spacial score (nSPS) is 10.3. The Morgan fingerprint density at radius 3 is 1.86 bits per heavy atom. The van der Waals surface area contributed by atoms with E-state index in [1.54, 1.807) is 43.3 Å². The van der Waals surface area contributed by atoms with Crippen molar-refractivity contribution >= 4 is 29.1 Å². The summed E-state index contributed by atoms with van der Waals surface area (Å²) in [5.41, 5.74) is 5.07. The molecule has 0 aliphatic carbocycles. The Labute approximate surface area is 262 Å². The number of rotatable bonds is 11. The van der Waals surface area contributed by atoms with Gasteiger partial charge in [0.1, 0.15) is 29.2 Å². The zero-order chi connectivity index (χ0) is 31.5. The maximum Gasteiger partial charge on any atom is 0.345 e. The number of aryl methyl sites for hydroxylation is 1. The number of allylic oxidation sites excluding steroid dienone is 2. The summed E-state index contributed by atoms with van der Waals surface area (Å²) in [4.78, 5) is 25.5. The predicted octanol–water partition coefficient (Wildman–Crippen LogP) is 9.39. The summed E-state index contributed by atoms with van der Waals surface area (Å²) in [5.74, 6) is -0.795. The van der Waals surface area contributed by atoms with Crippen molar-refractivity contribution in [3.63, 3.8) is 0 Å². The number of benzene rings is 4. The molecule has 0 amide bonds. The quantitative estimate of drug-likeness (QED) is 0.0733. The maximum atomic E-state index is 12.8. The Bertz CT molecular complexity index is 1730. The Balaban J connectivity index is 1.35. The molecule has 0 bridgehead atoms. The van der Waals surface area contributed by atoms with Gasteiger partial charge in [0.2, 0.25) is 0 Å². The fourth-order valence-corrected chi connectivity index (χ4v) is 4.83. The molecule has 44 heavy (non-hydrogen) atoms. The zero-order valence-electron chi connectivity index (χ0n) is 24.6. The molecule has 0 heterocycles. The first kappa shape index (κ1) is 31.8. The van der Waals surface area contributed by atoms with Crippen LogP contribution in [0.15, 0.2) is 96.6 Å². The average Bonchev–Trinajstić information content (AvgIpc) is 3.04. The first-order valence-corrected chi connectivity index (χ1v) is 14.8. The summed E-state index contributed by atoms with van der Waals surface area (Å²) in [6, 6.07) is 30.1. The van der Waals surface area contributed by atoms with Crippen LogP contribution < -0.4 is 9.47 Å². The van der Waals surface area contributed by atoms with Gasteiger partial charge in [-0.05, 0) is 84.0 Å². The monoisotopic (exact) mass is 602 g/mol. The van der Waals surface area contributed by atoms with Gasteiger partial charge in [-0.1, -0.05) is 86.3 Å². The molecule has 0 aliphatic heterocycles. The number of hydrogen-bond acceptors (Lipinski definition) is 6. The largest absolute Gasteiger partial charge is 0.423 e. The lowest BCUT2D eigenvalue weighted by atomic mass is 10.0. The van der Waals surface area contributed by atoms with Gasteiger partial charge in [-0.15, -0.1) is 0 Å². The Morgan fingerprint density at radius 1 is 0.705 bits per heavy atom. The molecule has 4 rings (SSSR count). The first-order chi connectivity index (χ1) is 21.3. The minimum Gasteiger partial charge on any atom is -0.423 e. The van der Waals surface area contributed by atoms with E-state index < -0.39 is 11.9 Å². The van der Waals surface area contributed by atoms with Gasteiger partial charge in [-0.25, -0.2) is 9.59 Å². The number of nitrogens with zero attached hydrogens (tertiary/aromatic N) is 2. The molecule has 0 saturated heterocycles. The van der Waals surface area contributed by atoms with Crippen LogP contribution in [-0.2, 0) is 6.42 Å². The zero-order valence-corrected chi connectivity index (χ0v) is 25.4. The molecule has 0 radical (unpaired) electrons. The Morgan fingerprint density at radius 2 is 1.27 bits per heavy atom. The molecule has 0 aromatic heterocycles. The highest BCUT2D eigenvalue weighted by molar-refractivity contribution is 6.33. The van der Waals surface area contributed by atoms with E-state index in [1.165, 1.54) is 49.4 Å². The molecular formula is C37H31ClN2O4. The smallest absolute Gasteiger partial charge is 0.345 e. The number of esters is 2. The van der Waals surface area contributed by atoms with Crippen LogP contribution in [0.5, 0.6) is 11.5 Å². The molecular weight excluding hydrogens is 572 g/mol. The summed E-state index contributed by atoms with van der Waals surface area (Å²) >= 11 is 6.34. The molecule has 220 valence electrons. The van der Waals surface area contributed by atoms with Crippen LogP contribution in [0.4, 0.5) is 0 Å². The van der Waals surface area contributed by atoms with Gasteiger partial charge in [0.25, 0.3) is 0 Å². The van der Waals surface area contributed by atoms with Crippen molar-refractivity contribution in [2.24, 2.45) is 0 Å². The van der Waals surface area contributed by atoms with Gasteiger partial charge in [0, 0.05) is 6.07 Å². The number of carbonyl (C=O) groups excluding carboxylic acids is 2. The van der Waals surface area contributed by atoms with E-state index in [1.807, 2.05) is 24.3 Å². The van der Waals surface area contributed by atoms with Crippen LogP contribution in [0, 0.1) is 22.7 Å². The first-order valence-electron chi connectivity index (χ1n) is 14.4. The molecule has 0 N–H and O–H groups in total. The Kier molecular flexibility index (Phi) is 11.1. The van der Waals surface area contributed by atoms with Crippen LogP contribution >= 0.6 is 11.6 Å². The minimum atomic E-state index is -0.692. The van der Waals surface area contributed by atoms with Crippen LogP contribution in [0.2, 0.25) is 5.02 Å². The van der Waals surface area contributed by atoms with Crippen LogP contribution in [-0.4, -0.2) is 11.9 Å². The number of hydrogen-bond donors (Lipinski definition) is 0. The third-order valence-corrected chi connectivity index (χ3v) is 7.51. The van der Waals surface area contributed by atoms with E-state index >= 15 is 0 Å². The average molecular weight is 603 g/mol. The molecule has 6 nitrogen and oxygen atoms in total. The van der Waals surface area contributed by atoms with Crippen molar-refractivity contribution in [3.05, 3.63) is 124 Å². The minimum absolute atomic E-state index is 0.00764. The number of unbranched alkanes of at least 4 members (excludes halogenated alkanes) is 3. The number of ether oxygens (including phenoxy) is 2. The van der Waals surface area contributed by atoms with Gasteiger partial charge in [-0.2, -0.15) is 10.5 Å². The second-order valence-electron chi connectivity index (χ2n) is 10.3. The van der Waals surface area contributed by atoms with E-state index in [0.717, 1.165) is 17.5 Å². The second kappa shape index (κ2) is 15.3. The van der Waals surface area contributed by atoms with Crippen LogP contribution in [0.3, 0.4) is 0 Å². The predicted molar refractivity (Wildman–Crippen MR) is 171 cm³/mol. The summed E-state index contributed by atoms with van der Waals surface area (Å²) in [7, 11) is 0. The highest BCUT2D eigenvalue weighted by Crippen LogP contribution is 2.27.